The van der Waals surface area contributed by atoms with E-state index in [2.05, 4.69) is 183 Å². The number of benzene rings is 6. The third-order valence-corrected chi connectivity index (χ3v) is 11.2. The van der Waals surface area contributed by atoms with Crippen LogP contribution >= 0.6 is 17.0 Å². The molecule has 1 heterocycles. The predicted molar refractivity (Wildman–Crippen MR) is 235 cm³/mol. The van der Waals surface area contributed by atoms with Crippen molar-refractivity contribution in [1.29, 1.82) is 0 Å². The van der Waals surface area contributed by atoms with Crippen molar-refractivity contribution in [3.8, 4) is 33.4 Å². The second kappa shape index (κ2) is 17.8. The molecule has 0 unspecified atom stereocenters. The van der Waals surface area contributed by atoms with Gasteiger partial charge in [-0.1, -0.05) is 130 Å². The van der Waals surface area contributed by atoms with Gasteiger partial charge in [-0.05, 0) is 52.7 Å². The second-order valence-electron chi connectivity index (χ2n) is 14.5. The second-order valence-corrected chi connectivity index (χ2v) is 19.6. The molecule has 270 valence electrons. The van der Waals surface area contributed by atoms with Crippen LogP contribution in [0.25, 0.3) is 54.9 Å². The Kier molecular flexibility index (Phi) is 13.1. The van der Waals surface area contributed by atoms with Crippen LogP contribution in [0, 0.1) is 61.5 Å². The Morgan fingerprint density at radius 1 is 0.519 bits per heavy atom. The quantitative estimate of drug-likeness (QED) is 0.120. The molecule has 0 fully saturated rings. The van der Waals surface area contributed by atoms with Gasteiger partial charge < -0.3 is 0 Å². The summed E-state index contributed by atoms with van der Waals surface area (Å²) in [7, 11) is 10.7. The van der Waals surface area contributed by atoms with Gasteiger partial charge in [-0.3, -0.25) is 0 Å². The third kappa shape index (κ3) is 9.18. The van der Waals surface area contributed by atoms with Crippen molar-refractivity contribution in [2.75, 3.05) is 0 Å². The first kappa shape index (κ1) is 39.9. The number of fused-ring (bicyclic) bond motifs is 5. The molecule has 0 spiro atoms. The average Bonchev–Trinajstić information content (AvgIpc) is 3.81. The molecular weight excluding hydrogens is 791 g/mol. The fourth-order valence-corrected chi connectivity index (χ4v) is 9.12. The van der Waals surface area contributed by atoms with Crippen molar-refractivity contribution in [2.24, 2.45) is 0 Å². The van der Waals surface area contributed by atoms with Gasteiger partial charge in [0.1, 0.15) is 0 Å². The van der Waals surface area contributed by atoms with Crippen molar-refractivity contribution >= 4 is 58.5 Å². The van der Waals surface area contributed by atoms with Crippen LogP contribution in [-0.2, 0) is 20.8 Å². The van der Waals surface area contributed by atoms with Gasteiger partial charge in [0, 0.05) is 0 Å². The zero-order valence-corrected chi connectivity index (χ0v) is 37.4. The summed E-state index contributed by atoms with van der Waals surface area (Å²) in [5.74, 6) is 0. The minimum Gasteiger partial charge on any atom is -0.184 e. The monoisotopic (exact) mass is 833 g/mol. The zero-order chi connectivity index (χ0) is 38.5. The van der Waals surface area contributed by atoms with E-state index in [9.17, 15) is 0 Å². The molecule has 0 atom stereocenters. The molecule has 0 nitrogen and oxygen atoms in total. The molecule has 0 N–H and O–H groups in total. The van der Waals surface area contributed by atoms with Crippen LogP contribution in [0.2, 0.25) is 0 Å². The van der Waals surface area contributed by atoms with E-state index in [1.807, 2.05) is 6.07 Å². The van der Waals surface area contributed by atoms with E-state index in [-0.39, 0.29) is 0 Å². The molecule has 1 aliphatic rings. The maximum absolute atomic E-state index is 4.93. The Labute approximate surface area is 343 Å². The van der Waals surface area contributed by atoms with Crippen LogP contribution in [0.5, 0.6) is 0 Å². The number of halogens is 2. The fraction of sp³-hybridized carbons (Fsp3) is 0.160. The molecule has 54 heavy (non-hydrogen) atoms. The molecule has 9 rings (SSSR count). The van der Waals surface area contributed by atoms with Crippen LogP contribution in [0.15, 0.2) is 127 Å². The van der Waals surface area contributed by atoms with Crippen molar-refractivity contribution in [2.45, 2.75) is 55.4 Å². The first-order valence-corrected chi connectivity index (χ1v) is 25.6. The first-order chi connectivity index (χ1) is 25.9. The third-order valence-electron chi connectivity index (χ3n) is 9.84. The summed E-state index contributed by atoms with van der Waals surface area (Å²) in [6, 6.07) is 49.8. The summed E-state index contributed by atoms with van der Waals surface area (Å²) in [5.41, 5.74) is 18.9. The topological polar surface area (TPSA) is 0 Å². The molecular formula is C50H45Cl2SiZr-3. The number of hydrogen-bond donors (Lipinski definition) is 0. The van der Waals surface area contributed by atoms with E-state index in [0.29, 0.717) is 0 Å². The summed E-state index contributed by atoms with van der Waals surface area (Å²) in [4.78, 5) is 0. The van der Waals surface area contributed by atoms with E-state index < -0.39 is 20.8 Å². The van der Waals surface area contributed by atoms with Crippen LogP contribution in [0.1, 0.15) is 44.5 Å². The van der Waals surface area contributed by atoms with Crippen LogP contribution < -0.4 is 10.4 Å². The van der Waals surface area contributed by atoms with E-state index in [0.717, 1.165) is 9.52 Å². The van der Waals surface area contributed by atoms with Crippen molar-refractivity contribution in [3.63, 3.8) is 0 Å². The smallest absolute Gasteiger partial charge is 0.0920 e. The summed E-state index contributed by atoms with van der Waals surface area (Å²) < 4.78 is 0. The minimum absolute atomic E-state index is 0.795. The van der Waals surface area contributed by atoms with Crippen molar-refractivity contribution < 1.29 is 20.8 Å². The van der Waals surface area contributed by atoms with E-state index in [4.69, 9.17) is 17.0 Å². The van der Waals surface area contributed by atoms with Gasteiger partial charge in [0.2, 0.25) is 0 Å². The van der Waals surface area contributed by atoms with Gasteiger partial charge in [0.15, 0.2) is 0 Å². The summed E-state index contributed by atoms with van der Waals surface area (Å²) in [6.45, 7) is 17.4. The Bertz CT molecular complexity index is 2350. The molecule has 4 heteroatoms. The maximum Gasteiger partial charge on any atom is 0.0920 e. The maximum atomic E-state index is 4.93. The van der Waals surface area contributed by atoms with E-state index >= 15 is 0 Å². The van der Waals surface area contributed by atoms with Crippen LogP contribution in [0.3, 0.4) is 0 Å². The molecule has 0 saturated carbocycles. The van der Waals surface area contributed by atoms with E-state index in [1.54, 1.807) is 0 Å². The van der Waals surface area contributed by atoms with Gasteiger partial charge in [0.25, 0.3) is 0 Å². The van der Waals surface area contributed by atoms with Crippen LogP contribution in [-0.4, -0.2) is 9.52 Å². The molecule has 0 aliphatic carbocycles. The molecule has 0 saturated heterocycles. The molecule has 1 aliphatic heterocycles. The van der Waals surface area contributed by atoms with Crippen LogP contribution in [0.4, 0.5) is 0 Å². The van der Waals surface area contributed by atoms with Gasteiger partial charge in [0.05, 0.1) is 9.52 Å². The van der Waals surface area contributed by atoms with Crippen molar-refractivity contribution in [1.82, 2.24) is 0 Å². The van der Waals surface area contributed by atoms with Gasteiger partial charge >= 0.3 is 37.9 Å². The molecule has 8 aromatic rings. The van der Waals surface area contributed by atoms with Gasteiger partial charge in [-0.25, -0.2) is 0 Å². The van der Waals surface area contributed by atoms with Crippen molar-refractivity contribution in [3.05, 3.63) is 178 Å². The number of hydrogen-bond acceptors (Lipinski definition) is 0. The Hall–Kier alpha value is -3.78. The first-order valence-electron chi connectivity index (χ1n) is 18.3. The predicted octanol–water partition coefficient (Wildman–Crippen LogP) is 13.4. The number of rotatable bonds is 2. The van der Waals surface area contributed by atoms with Gasteiger partial charge in [-0.2, -0.15) is 41.6 Å². The fourth-order valence-electron chi connectivity index (χ4n) is 7.81. The molecule has 0 aromatic heterocycles. The molecule has 2 radical (unpaired) electrons. The molecule has 0 amide bonds. The number of aryl methyl sites for hydroxylation is 8. The largest absolute Gasteiger partial charge is 0.184 e. The average molecular weight is 836 g/mol. The molecule has 0 bridgehead atoms. The SMILES string of the molecule is Cc1cc(C)cc(-c2c(C)ccc3[cH-]c(C)cc23)c1.Cc1cc(C)cc(-c2c(C)ccc3[cH-]c(C)cc23)c1.[Cl][Zr][Cl].[c-]1cccc2c1[Si]c1ccccc1-2. The zero-order valence-electron chi connectivity index (χ0n) is 32.4. The normalized spacial score (nSPS) is 11.1. The van der Waals surface area contributed by atoms with Gasteiger partial charge in [-0.15, -0.1) is 74.6 Å². The summed E-state index contributed by atoms with van der Waals surface area (Å²) in [6.07, 6.45) is 0. The summed E-state index contributed by atoms with van der Waals surface area (Å²) in [5, 5.41) is 8.27. The summed E-state index contributed by atoms with van der Waals surface area (Å²) >= 11 is -0.826. The standard InChI is InChI=1S/2C19H19.C12H7Si.2ClH.Zr/c2*1-12-7-13(2)10-17(9-12)19-15(4)5-6-16-8-14(3)11-18(16)19;1-3-7-11-9(5-1)10-6-2-4-8-12(10)13-11;;;/h2*5-11H,1-4H3;1-7H;2*1H;/q3*-1;;;+2/p-2. The minimum atomic E-state index is -0.826. The molecule has 8 aromatic carbocycles. The Balaban J connectivity index is 0.000000135. The Morgan fingerprint density at radius 3 is 1.44 bits per heavy atom. The Morgan fingerprint density at radius 2 is 0.963 bits per heavy atom. The van der Waals surface area contributed by atoms with E-state index in [1.165, 1.54) is 110 Å².